The fraction of sp³-hybridized carbons (Fsp3) is 0.773. The van der Waals surface area contributed by atoms with Gasteiger partial charge in [-0.15, -0.1) is 0 Å². The molecule has 3 saturated carbocycles. The first kappa shape index (κ1) is 19.9. The van der Waals surface area contributed by atoms with Crippen LogP contribution in [0, 0.1) is 28.6 Å². The minimum Gasteiger partial charge on any atom is -0.388 e. The summed E-state index contributed by atoms with van der Waals surface area (Å²) in [4.78, 5) is 36.6. The molecule has 0 bridgehead atoms. The molecule has 0 aromatic rings. The first-order chi connectivity index (χ1) is 13.0. The molecule has 0 saturated heterocycles. The number of carbonyl (C=O) groups excluding carboxylic acids is 3. The van der Waals surface area contributed by atoms with Crippen LogP contribution in [0.1, 0.15) is 59.3 Å². The largest absolute Gasteiger partial charge is 0.388 e. The summed E-state index contributed by atoms with van der Waals surface area (Å²) in [5, 5.41) is 20.8. The first-order valence-electron chi connectivity index (χ1n) is 10.3. The van der Waals surface area contributed by atoms with E-state index in [0.717, 1.165) is 5.57 Å². The lowest BCUT2D eigenvalue weighted by Crippen LogP contribution is -2.65. The lowest BCUT2D eigenvalue weighted by atomic mass is 9.44. The molecule has 0 aromatic carbocycles. The van der Waals surface area contributed by atoms with Gasteiger partial charge in [0.05, 0.1) is 0 Å². The van der Waals surface area contributed by atoms with Crippen LogP contribution in [0.3, 0.4) is 0 Å². The molecular formula is C22H29FO5. The van der Waals surface area contributed by atoms with E-state index in [4.69, 9.17) is 0 Å². The summed E-state index contributed by atoms with van der Waals surface area (Å²) >= 11 is 0. The molecule has 28 heavy (non-hydrogen) atoms. The van der Waals surface area contributed by atoms with Crippen LogP contribution in [0.4, 0.5) is 4.39 Å². The number of fused-ring (bicyclic) bond motifs is 5. The predicted octanol–water partition coefficient (Wildman–Crippen LogP) is 2.33. The van der Waals surface area contributed by atoms with Gasteiger partial charge in [-0.1, -0.05) is 26.3 Å². The highest BCUT2D eigenvalue weighted by molar-refractivity contribution is 6.42. The third kappa shape index (κ3) is 2.06. The minimum atomic E-state index is -1.66. The average molecular weight is 392 g/mol. The molecule has 4 rings (SSSR count). The SMILES string of the molecule is CC1C[C@H]2[C@@H]3CCC4=CC(=O)C(=O)C[C@]4(C)[C@@]3(F)CC[C@]2(C)[C@@]1(O)C(=O)CO. The highest BCUT2D eigenvalue weighted by Crippen LogP contribution is 2.71. The van der Waals surface area contributed by atoms with Crippen LogP contribution in [-0.4, -0.2) is 45.4 Å². The van der Waals surface area contributed by atoms with Crippen LogP contribution in [0.25, 0.3) is 0 Å². The van der Waals surface area contributed by atoms with E-state index in [0.29, 0.717) is 25.7 Å². The van der Waals surface area contributed by atoms with Crippen LogP contribution in [0.15, 0.2) is 11.6 Å². The Hall–Kier alpha value is -1.40. The third-order valence-electron chi connectivity index (χ3n) is 9.11. The molecule has 4 aliphatic rings. The van der Waals surface area contributed by atoms with Crippen molar-refractivity contribution in [3.63, 3.8) is 0 Å². The van der Waals surface area contributed by atoms with Gasteiger partial charge in [0.15, 0.2) is 5.78 Å². The van der Waals surface area contributed by atoms with E-state index >= 15 is 4.39 Å². The molecule has 0 amide bonds. The van der Waals surface area contributed by atoms with Gasteiger partial charge in [-0.2, -0.15) is 0 Å². The number of rotatable bonds is 2. The summed E-state index contributed by atoms with van der Waals surface area (Å²) in [5.74, 6) is -2.64. The highest BCUT2D eigenvalue weighted by Gasteiger charge is 2.73. The van der Waals surface area contributed by atoms with Crippen molar-refractivity contribution < 1.29 is 29.0 Å². The molecule has 7 atom stereocenters. The Balaban J connectivity index is 1.79. The fourth-order valence-corrected chi connectivity index (χ4v) is 7.41. The number of halogens is 1. The molecule has 0 aliphatic heterocycles. The minimum absolute atomic E-state index is 0.108. The fourth-order valence-electron chi connectivity index (χ4n) is 7.41. The molecule has 2 N–H and O–H groups in total. The lowest BCUT2D eigenvalue weighted by molar-refractivity contribution is -0.188. The van der Waals surface area contributed by atoms with Crippen molar-refractivity contribution in [3.05, 3.63) is 11.6 Å². The number of aliphatic hydroxyl groups excluding tert-OH is 1. The van der Waals surface area contributed by atoms with Crippen LogP contribution >= 0.6 is 0 Å². The van der Waals surface area contributed by atoms with E-state index in [1.165, 1.54) is 6.08 Å². The Morgan fingerprint density at radius 3 is 2.57 bits per heavy atom. The first-order valence-corrected chi connectivity index (χ1v) is 10.3. The quantitative estimate of drug-likeness (QED) is 0.704. The number of Topliss-reactive ketones (excluding diaryl/α,β-unsaturated/α-hetero) is 2. The second kappa shape index (κ2) is 5.82. The summed E-state index contributed by atoms with van der Waals surface area (Å²) in [6.45, 7) is 4.70. The molecule has 0 heterocycles. The van der Waals surface area contributed by atoms with Gasteiger partial charge < -0.3 is 10.2 Å². The molecule has 0 aromatic heterocycles. The van der Waals surface area contributed by atoms with Gasteiger partial charge in [-0.3, -0.25) is 14.4 Å². The zero-order chi connectivity index (χ0) is 20.7. The Kier molecular flexibility index (Phi) is 4.13. The molecule has 0 radical (unpaired) electrons. The molecule has 4 aliphatic carbocycles. The Labute approximate surface area is 164 Å². The molecule has 0 spiro atoms. The second-order valence-electron chi connectivity index (χ2n) is 9.98. The van der Waals surface area contributed by atoms with Crippen molar-refractivity contribution >= 4 is 17.3 Å². The monoisotopic (exact) mass is 392 g/mol. The van der Waals surface area contributed by atoms with E-state index in [-0.39, 0.29) is 24.7 Å². The van der Waals surface area contributed by atoms with Crippen molar-refractivity contribution in [2.45, 2.75) is 70.6 Å². The van der Waals surface area contributed by atoms with E-state index in [1.54, 1.807) is 13.8 Å². The van der Waals surface area contributed by atoms with Crippen LogP contribution in [-0.2, 0) is 14.4 Å². The van der Waals surface area contributed by atoms with Gasteiger partial charge in [0, 0.05) is 17.3 Å². The Bertz CT molecular complexity index is 805. The van der Waals surface area contributed by atoms with Crippen LogP contribution in [0.5, 0.6) is 0 Å². The van der Waals surface area contributed by atoms with E-state index < -0.39 is 52.0 Å². The zero-order valence-corrected chi connectivity index (χ0v) is 16.8. The van der Waals surface area contributed by atoms with Crippen LogP contribution < -0.4 is 0 Å². The topological polar surface area (TPSA) is 91.7 Å². The number of allylic oxidation sites excluding steroid dienone is 1. The number of hydrogen-bond donors (Lipinski definition) is 2. The van der Waals surface area contributed by atoms with Crippen molar-refractivity contribution in [1.29, 1.82) is 0 Å². The molecular weight excluding hydrogens is 363 g/mol. The maximum absolute atomic E-state index is 16.8. The third-order valence-corrected chi connectivity index (χ3v) is 9.11. The summed E-state index contributed by atoms with van der Waals surface area (Å²) < 4.78 is 16.8. The predicted molar refractivity (Wildman–Crippen MR) is 99.0 cm³/mol. The van der Waals surface area contributed by atoms with Gasteiger partial charge in [0.25, 0.3) is 0 Å². The summed E-state index contributed by atoms with van der Waals surface area (Å²) in [5.41, 5.74) is -4.40. The summed E-state index contributed by atoms with van der Waals surface area (Å²) in [7, 11) is 0. The van der Waals surface area contributed by atoms with E-state index in [2.05, 4.69) is 0 Å². The maximum Gasteiger partial charge on any atom is 0.221 e. The highest BCUT2D eigenvalue weighted by atomic mass is 19.1. The van der Waals surface area contributed by atoms with Gasteiger partial charge in [0.2, 0.25) is 11.6 Å². The smallest absolute Gasteiger partial charge is 0.221 e. The second-order valence-corrected chi connectivity index (χ2v) is 9.98. The van der Waals surface area contributed by atoms with Crippen LogP contribution in [0.2, 0.25) is 0 Å². The van der Waals surface area contributed by atoms with E-state index in [9.17, 15) is 24.6 Å². The van der Waals surface area contributed by atoms with Gasteiger partial charge in [0.1, 0.15) is 17.9 Å². The van der Waals surface area contributed by atoms with Crippen molar-refractivity contribution in [2.75, 3.05) is 6.61 Å². The van der Waals surface area contributed by atoms with Gasteiger partial charge in [-0.05, 0) is 55.9 Å². The summed E-state index contributed by atoms with van der Waals surface area (Å²) in [6, 6.07) is 0. The lowest BCUT2D eigenvalue weighted by Gasteiger charge is -2.61. The Morgan fingerprint density at radius 2 is 1.93 bits per heavy atom. The Morgan fingerprint density at radius 1 is 1.25 bits per heavy atom. The van der Waals surface area contributed by atoms with Gasteiger partial charge in [-0.25, -0.2) is 4.39 Å². The molecule has 3 fully saturated rings. The van der Waals surface area contributed by atoms with Gasteiger partial charge >= 0.3 is 0 Å². The average Bonchev–Trinajstić information content (AvgIpc) is 2.85. The number of aliphatic hydroxyl groups is 2. The van der Waals surface area contributed by atoms with E-state index in [1.807, 2.05) is 6.92 Å². The standard InChI is InChI=1S/C22H29FO5/c1-12-8-15-14-5-4-13-9-16(25)17(26)10-20(13,3)21(14,23)7-6-19(15,2)22(12,28)18(27)11-24/h9,12,14-15,24,28H,4-8,10-11H2,1-3H3/t12?,14-,15-,19-,20-,21+,22-/m0/s1. The maximum atomic E-state index is 16.8. The van der Waals surface area contributed by atoms with Crippen molar-refractivity contribution in [2.24, 2.45) is 28.6 Å². The van der Waals surface area contributed by atoms with Crippen molar-refractivity contribution in [1.82, 2.24) is 0 Å². The molecule has 6 heteroatoms. The zero-order valence-electron chi connectivity index (χ0n) is 16.8. The number of ketones is 3. The number of hydrogen-bond acceptors (Lipinski definition) is 5. The normalized spacial score (nSPS) is 50.5. The van der Waals surface area contributed by atoms with Crippen molar-refractivity contribution in [3.8, 4) is 0 Å². The molecule has 1 unspecified atom stereocenters. The number of alkyl halides is 1. The summed E-state index contributed by atoms with van der Waals surface area (Å²) in [6.07, 6.45) is 3.28. The number of carbonyl (C=O) groups is 3. The molecule has 154 valence electrons. The molecule has 5 nitrogen and oxygen atoms in total.